The maximum atomic E-state index is 12.3. The minimum Gasteiger partial charge on any atom is -0.508 e. The van der Waals surface area contributed by atoms with Crippen LogP contribution < -0.4 is 4.74 Å². The SMILES string of the molecule is O=C(OCc1ccccc1)N1CC[C@@H](Oc2ccc3c(c2)CCCC3)[C@H](O)C1.Oc1ccc2c(c1)CCCC2. The number of benzene rings is 3. The number of carbonyl (C=O) groups excluding carboxylic acids is 1. The van der Waals surface area contributed by atoms with Crippen LogP contribution in [-0.4, -0.2) is 46.5 Å². The number of rotatable bonds is 4. The van der Waals surface area contributed by atoms with Gasteiger partial charge in [0.1, 0.15) is 30.3 Å². The number of nitrogens with zero attached hydrogens (tertiary/aromatic N) is 1. The topological polar surface area (TPSA) is 79.2 Å². The molecule has 3 aromatic rings. The number of aromatic hydroxyl groups is 1. The van der Waals surface area contributed by atoms with Crippen molar-refractivity contribution in [3.63, 3.8) is 0 Å². The third-order valence-electron chi connectivity index (χ3n) is 7.92. The standard InChI is InChI=1S/C23H27NO4.C10H12O/c25-21-15-24(23(26)27-16-17-6-2-1-3-7-17)13-12-22(21)28-20-11-10-18-8-4-5-9-19(18)14-20;11-10-6-5-8-3-1-2-4-9(8)7-10/h1-3,6-7,10-11,14,21-22,25H,4-5,8-9,12-13,15-16H2;5-7,11H,1-4H2/t21-,22-;/m1./s1. The third kappa shape index (κ3) is 7.33. The van der Waals surface area contributed by atoms with Crippen LogP contribution in [0.2, 0.25) is 0 Å². The van der Waals surface area contributed by atoms with E-state index in [1.54, 1.807) is 11.0 Å². The molecule has 6 heteroatoms. The molecule has 0 unspecified atom stereocenters. The first-order valence-electron chi connectivity index (χ1n) is 14.3. The van der Waals surface area contributed by atoms with Crippen molar-refractivity contribution in [3.05, 3.63) is 94.5 Å². The summed E-state index contributed by atoms with van der Waals surface area (Å²) >= 11 is 0. The molecule has 2 atom stereocenters. The third-order valence-corrected chi connectivity index (χ3v) is 7.92. The van der Waals surface area contributed by atoms with E-state index in [4.69, 9.17) is 9.47 Å². The Morgan fingerprint density at radius 3 is 2.15 bits per heavy atom. The zero-order chi connectivity index (χ0) is 27.0. The number of ether oxygens (including phenoxy) is 2. The first kappa shape index (κ1) is 27.1. The molecule has 0 radical (unpaired) electrons. The number of piperidine rings is 1. The highest BCUT2D eigenvalue weighted by Crippen LogP contribution is 2.28. The van der Waals surface area contributed by atoms with Crippen LogP contribution in [0.25, 0.3) is 0 Å². The van der Waals surface area contributed by atoms with Gasteiger partial charge in [0.15, 0.2) is 0 Å². The molecule has 0 aromatic heterocycles. The molecule has 1 saturated heterocycles. The van der Waals surface area contributed by atoms with E-state index in [2.05, 4.69) is 12.1 Å². The molecular formula is C33H39NO5. The van der Waals surface area contributed by atoms with Gasteiger partial charge in [0.05, 0.1) is 6.54 Å². The predicted molar refractivity (Wildman–Crippen MR) is 151 cm³/mol. The fraction of sp³-hybridized carbons (Fsp3) is 0.424. The van der Waals surface area contributed by atoms with Gasteiger partial charge in [-0.1, -0.05) is 42.5 Å². The highest BCUT2D eigenvalue weighted by Gasteiger charge is 2.32. The fourth-order valence-electron chi connectivity index (χ4n) is 5.70. The first-order chi connectivity index (χ1) is 19.0. The van der Waals surface area contributed by atoms with Gasteiger partial charge in [-0.05, 0) is 103 Å². The summed E-state index contributed by atoms with van der Waals surface area (Å²) in [6, 6.07) is 21.6. The van der Waals surface area contributed by atoms with Crippen LogP contribution in [-0.2, 0) is 37.0 Å². The Morgan fingerprint density at radius 1 is 0.821 bits per heavy atom. The lowest BCUT2D eigenvalue weighted by atomic mass is 9.92. The predicted octanol–water partition coefficient (Wildman–Crippen LogP) is 5.99. The first-order valence-corrected chi connectivity index (χ1v) is 14.3. The highest BCUT2D eigenvalue weighted by molar-refractivity contribution is 5.67. The van der Waals surface area contributed by atoms with E-state index in [9.17, 15) is 15.0 Å². The molecule has 2 N–H and O–H groups in total. The van der Waals surface area contributed by atoms with Crippen LogP contribution in [0, 0.1) is 0 Å². The number of aliphatic hydroxyl groups is 1. The van der Waals surface area contributed by atoms with Crippen LogP contribution in [0.3, 0.4) is 0 Å². The largest absolute Gasteiger partial charge is 0.508 e. The van der Waals surface area contributed by atoms with Gasteiger partial charge in [-0.2, -0.15) is 0 Å². The summed E-state index contributed by atoms with van der Waals surface area (Å²) in [5, 5.41) is 19.7. The lowest BCUT2D eigenvalue weighted by Gasteiger charge is -2.35. The molecule has 1 amide bonds. The summed E-state index contributed by atoms with van der Waals surface area (Å²) in [6.45, 7) is 0.977. The van der Waals surface area contributed by atoms with Crippen molar-refractivity contribution in [2.24, 2.45) is 0 Å². The average molecular weight is 530 g/mol. The van der Waals surface area contributed by atoms with Crippen molar-refractivity contribution >= 4 is 6.09 Å². The number of phenolic OH excluding ortho intramolecular Hbond substituents is 1. The smallest absolute Gasteiger partial charge is 0.410 e. The summed E-state index contributed by atoms with van der Waals surface area (Å²) in [7, 11) is 0. The van der Waals surface area contributed by atoms with Crippen molar-refractivity contribution in [2.45, 2.75) is 76.6 Å². The van der Waals surface area contributed by atoms with Gasteiger partial charge in [0, 0.05) is 13.0 Å². The molecule has 6 nitrogen and oxygen atoms in total. The maximum Gasteiger partial charge on any atom is 0.410 e. The molecule has 3 aromatic carbocycles. The fourth-order valence-corrected chi connectivity index (χ4v) is 5.70. The molecule has 0 spiro atoms. The Balaban J connectivity index is 0.000000233. The Morgan fingerprint density at radius 2 is 1.46 bits per heavy atom. The number of hydrogen-bond donors (Lipinski definition) is 2. The number of aliphatic hydroxyl groups excluding tert-OH is 1. The van der Waals surface area contributed by atoms with E-state index in [1.165, 1.54) is 54.4 Å². The van der Waals surface area contributed by atoms with Crippen LogP contribution >= 0.6 is 0 Å². The summed E-state index contributed by atoms with van der Waals surface area (Å²) in [4.78, 5) is 13.9. The van der Waals surface area contributed by atoms with Gasteiger partial charge < -0.3 is 24.6 Å². The van der Waals surface area contributed by atoms with Crippen molar-refractivity contribution in [1.82, 2.24) is 4.90 Å². The van der Waals surface area contributed by atoms with E-state index < -0.39 is 12.2 Å². The summed E-state index contributed by atoms with van der Waals surface area (Å²) in [5.74, 6) is 1.22. The Labute approximate surface area is 231 Å². The number of β-amino-alcohol motifs (C(OH)–C–C–N with tert-alkyl or cyclic N) is 1. The van der Waals surface area contributed by atoms with E-state index in [1.807, 2.05) is 48.5 Å². The summed E-state index contributed by atoms with van der Waals surface area (Å²) in [5.41, 5.74) is 6.49. The van der Waals surface area contributed by atoms with Crippen molar-refractivity contribution in [2.75, 3.05) is 13.1 Å². The van der Waals surface area contributed by atoms with Crippen molar-refractivity contribution in [3.8, 4) is 11.5 Å². The number of amides is 1. The monoisotopic (exact) mass is 529 g/mol. The van der Waals surface area contributed by atoms with Crippen LogP contribution in [0.5, 0.6) is 11.5 Å². The van der Waals surface area contributed by atoms with Gasteiger partial charge in [0.25, 0.3) is 0 Å². The van der Waals surface area contributed by atoms with Gasteiger partial charge in [-0.3, -0.25) is 0 Å². The van der Waals surface area contributed by atoms with Crippen LogP contribution in [0.15, 0.2) is 66.7 Å². The zero-order valence-corrected chi connectivity index (χ0v) is 22.6. The number of carbonyl (C=O) groups is 1. The molecule has 2 aliphatic carbocycles. The van der Waals surface area contributed by atoms with E-state index >= 15 is 0 Å². The van der Waals surface area contributed by atoms with Gasteiger partial charge in [0.2, 0.25) is 0 Å². The van der Waals surface area contributed by atoms with Crippen molar-refractivity contribution in [1.29, 1.82) is 0 Å². The minimum absolute atomic E-state index is 0.225. The number of fused-ring (bicyclic) bond motifs is 2. The number of hydrogen-bond acceptors (Lipinski definition) is 5. The molecule has 0 bridgehead atoms. The molecule has 206 valence electrons. The molecule has 1 heterocycles. The Bertz CT molecular complexity index is 1240. The highest BCUT2D eigenvalue weighted by atomic mass is 16.6. The summed E-state index contributed by atoms with van der Waals surface area (Å²) < 4.78 is 11.4. The second-order valence-corrected chi connectivity index (χ2v) is 10.8. The summed E-state index contributed by atoms with van der Waals surface area (Å²) in [6.07, 6.45) is 8.78. The normalized spacial score (nSPS) is 20.1. The van der Waals surface area contributed by atoms with Crippen LogP contribution in [0.1, 0.15) is 59.9 Å². The molecule has 6 rings (SSSR count). The van der Waals surface area contributed by atoms with Crippen LogP contribution in [0.4, 0.5) is 4.79 Å². The quantitative estimate of drug-likeness (QED) is 0.434. The Kier molecular flexibility index (Phi) is 9.04. The molecule has 3 aliphatic rings. The van der Waals surface area contributed by atoms with E-state index in [-0.39, 0.29) is 19.3 Å². The molecule has 0 saturated carbocycles. The second kappa shape index (κ2) is 13.0. The molecular weight excluding hydrogens is 490 g/mol. The average Bonchev–Trinajstić information content (AvgIpc) is 2.97. The molecule has 1 fully saturated rings. The van der Waals surface area contributed by atoms with Gasteiger partial charge in [-0.25, -0.2) is 4.79 Å². The van der Waals surface area contributed by atoms with E-state index in [0.717, 1.165) is 30.6 Å². The van der Waals surface area contributed by atoms with Crippen molar-refractivity contribution < 1.29 is 24.5 Å². The lowest BCUT2D eigenvalue weighted by Crippen LogP contribution is -2.51. The van der Waals surface area contributed by atoms with Gasteiger partial charge >= 0.3 is 6.09 Å². The molecule has 39 heavy (non-hydrogen) atoms. The number of phenols is 1. The van der Waals surface area contributed by atoms with E-state index in [0.29, 0.717) is 18.7 Å². The Hall–Kier alpha value is -3.51. The number of likely N-dealkylation sites (tertiary alicyclic amines) is 1. The minimum atomic E-state index is -0.728. The lowest BCUT2D eigenvalue weighted by molar-refractivity contribution is -0.0253. The second-order valence-electron chi connectivity index (χ2n) is 10.8. The zero-order valence-electron chi connectivity index (χ0n) is 22.6. The molecule has 1 aliphatic heterocycles. The maximum absolute atomic E-state index is 12.3. The number of aryl methyl sites for hydroxylation is 4. The van der Waals surface area contributed by atoms with Gasteiger partial charge in [-0.15, -0.1) is 0 Å².